The topological polar surface area (TPSA) is 25.3 Å². The normalized spacial score (nSPS) is 12.6. The van der Waals surface area contributed by atoms with Gasteiger partial charge in [0, 0.05) is 17.5 Å². The van der Waals surface area contributed by atoms with Crippen LogP contribution in [0, 0.1) is 11.8 Å². The summed E-state index contributed by atoms with van der Waals surface area (Å²) >= 11 is 1.94. The van der Waals surface area contributed by atoms with Crippen LogP contribution in [0.1, 0.15) is 340 Å². The first-order chi connectivity index (χ1) is 37.6. The van der Waals surface area contributed by atoms with E-state index in [0.717, 1.165) is 65.8 Å². The molecular weight excluding hydrogens is 964 g/mol. The zero-order valence-electron chi connectivity index (χ0n) is 51.2. The molecule has 76 heavy (non-hydrogen) atoms. The van der Waals surface area contributed by atoms with Crippen LogP contribution in [0.2, 0.25) is 10.8 Å². The van der Waals surface area contributed by atoms with Crippen LogP contribution in [0.4, 0.5) is 0 Å². The van der Waals surface area contributed by atoms with Gasteiger partial charge in [0.15, 0.2) is 0 Å². The van der Waals surface area contributed by atoms with Gasteiger partial charge in [-0.05, 0) is 80.3 Å². The molecule has 0 bridgehead atoms. The van der Waals surface area contributed by atoms with Gasteiger partial charge in [0.05, 0.1) is 5.57 Å². The maximum atomic E-state index is 12.4. The Labute approximate surface area is 480 Å². The van der Waals surface area contributed by atoms with Crippen LogP contribution < -0.4 is 0 Å². The summed E-state index contributed by atoms with van der Waals surface area (Å²) < 4.78 is 1.50. The van der Waals surface area contributed by atoms with E-state index < -0.39 is 0 Å². The van der Waals surface area contributed by atoms with Crippen LogP contribution in [0.5, 0.6) is 0 Å². The van der Waals surface area contributed by atoms with Crippen molar-refractivity contribution >= 4 is 11.4 Å². The van der Waals surface area contributed by atoms with Crippen LogP contribution in [-0.2, 0) is 27.3 Å². The number of unbranched alkanes of at least 4 members (excludes halogenated alkanes) is 37. The van der Waals surface area contributed by atoms with Gasteiger partial charge in [0.2, 0.25) is 11.4 Å². The Kier molecular flexibility index (Phi) is 47.3. The molecule has 1 aliphatic heterocycles. The van der Waals surface area contributed by atoms with E-state index in [2.05, 4.69) is 114 Å². The molecule has 3 heteroatoms. The first kappa shape index (κ1) is 69.4. The predicted octanol–water partition coefficient (Wildman–Crippen LogP) is 25.3. The minimum atomic E-state index is 0.841. The molecule has 0 aromatic heterocycles. The van der Waals surface area contributed by atoms with E-state index in [1.165, 1.54) is 283 Å². The van der Waals surface area contributed by atoms with E-state index >= 15 is 0 Å². The molecule has 0 radical (unpaired) electrons. The van der Waals surface area contributed by atoms with E-state index in [4.69, 9.17) is 0 Å². The average molecular weight is 1090 g/mol. The number of rotatable bonds is 49. The fraction of sp³-hybridized carbons (Fsp3) is 0.726. The second-order valence-electron chi connectivity index (χ2n) is 22.8. The molecule has 1 heterocycles. The molecule has 0 N–H and O–H groups in total. The number of allylic oxidation sites excluding steroid dienone is 4. The standard InChI is InChI=1S/C65H104N2.2C4H9.Ni/c1-5-9-13-17-20-21-22-23-24-25-26-27-28-29-30-31-32-33-34-35-36-37-41-45-55-63-62(54-44-38-16-12-8-4)64(60-52-46-50-58(56-60)48-42-39-18-14-10-6-2)67(66)65(63)61-53-47-51-59(57-61)49-43-40-19-15-11-7-3;2*1-3-4-2;/h45-47,50-53,55-57H,5-43,48-49H2,1-4H3;2*1,3-4H2,2H3;. The summed E-state index contributed by atoms with van der Waals surface area (Å²) in [5.41, 5.74) is 21.0. The van der Waals surface area contributed by atoms with E-state index in [-0.39, 0.29) is 0 Å². The van der Waals surface area contributed by atoms with Gasteiger partial charge in [-0.1, -0.05) is 288 Å². The van der Waals surface area contributed by atoms with Gasteiger partial charge in [-0.3, -0.25) is 0 Å². The van der Waals surface area contributed by atoms with E-state index in [1.54, 1.807) is 0 Å². The molecule has 0 atom stereocenters. The Bertz CT molecular complexity index is 1830. The van der Waals surface area contributed by atoms with Gasteiger partial charge in [-0.2, -0.15) is 0 Å². The van der Waals surface area contributed by atoms with Crippen molar-refractivity contribution in [3.63, 3.8) is 0 Å². The number of nitrogens with zero attached hydrogens (tertiary/aromatic N) is 2. The molecule has 2 aromatic carbocycles. The molecule has 0 saturated carbocycles. The summed E-state index contributed by atoms with van der Waals surface area (Å²) in [6, 6.07) is 18.0. The van der Waals surface area contributed by atoms with E-state index in [1.807, 2.05) is 14.4 Å². The van der Waals surface area contributed by atoms with Crippen LogP contribution >= 0.6 is 0 Å². The maximum absolute atomic E-state index is 12.4. The van der Waals surface area contributed by atoms with E-state index in [9.17, 15) is 5.53 Å². The summed E-state index contributed by atoms with van der Waals surface area (Å²) in [6.45, 7) is 13.7. The molecule has 2 aromatic rings. The SMILES string of the molecule is CCCCCC#CC1=C(c2cccc(CCCCCCCC)c2)[N+](=[N-])C(c2cccc(CCCCCCCC)c2)=C1C=CCCCCCCCCCCCCCCCCCCCCCCCC.CCC[CH2][Ni][CH2]CCC. The molecule has 0 unspecified atom stereocenters. The van der Waals surface area contributed by atoms with Crippen LogP contribution in [-0.4, -0.2) is 4.70 Å². The number of aryl methyl sites for hydroxylation is 2. The second-order valence-corrected chi connectivity index (χ2v) is 24.3. The van der Waals surface area contributed by atoms with Crippen molar-refractivity contribution in [2.75, 3.05) is 0 Å². The van der Waals surface area contributed by atoms with Crippen molar-refractivity contribution in [2.45, 2.75) is 341 Å². The van der Waals surface area contributed by atoms with Crippen LogP contribution in [0.3, 0.4) is 0 Å². The molecule has 0 aliphatic carbocycles. The summed E-state index contributed by atoms with van der Waals surface area (Å²) in [7, 11) is 0. The second kappa shape index (κ2) is 51.7. The first-order valence-corrected chi connectivity index (χ1v) is 34.7. The molecule has 3 rings (SSSR count). The van der Waals surface area contributed by atoms with Crippen molar-refractivity contribution in [1.82, 2.24) is 0 Å². The Balaban J connectivity index is 0.00000200. The summed E-state index contributed by atoms with van der Waals surface area (Å²) in [5.74, 6) is 7.24. The monoisotopic (exact) mass is 1080 g/mol. The van der Waals surface area contributed by atoms with Crippen molar-refractivity contribution in [2.24, 2.45) is 0 Å². The molecule has 0 amide bonds. The predicted molar refractivity (Wildman–Crippen MR) is 337 cm³/mol. The Morgan fingerprint density at radius 1 is 0.408 bits per heavy atom. The Morgan fingerprint density at radius 3 is 1.17 bits per heavy atom. The molecule has 434 valence electrons. The number of hydrogen-bond donors (Lipinski definition) is 0. The quantitative estimate of drug-likeness (QED) is 0.0273. The first-order valence-electron chi connectivity index (χ1n) is 33.3. The van der Waals surface area contributed by atoms with Crippen molar-refractivity contribution < 1.29 is 19.1 Å². The Morgan fingerprint density at radius 2 is 0.763 bits per heavy atom. The number of hydrogen-bond acceptors (Lipinski definition) is 0. The average Bonchev–Trinajstić information content (AvgIpc) is 3.75. The van der Waals surface area contributed by atoms with Gasteiger partial charge >= 0.3 is 64.8 Å². The van der Waals surface area contributed by atoms with Gasteiger partial charge in [0.25, 0.3) is 0 Å². The van der Waals surface area contributed by atoms with Gasteiger partial charge in [-0.15, -0.1) is 0 Å². The van der Waals surface area contributed by atoms with Crippen molar-refractivity contribution in [3.05, 3.63) is 99.6 Å². The van der Waals surface area contributed by atoms with Gasteiger partial charge in [0.1, 0.15) is 5.57 Å². The molecule has 2 nitrogen and oxygen atoms in total. The fourth-order valence-corrected chi connectivity index (χ4v) is 12.0. The molecule has 0 spiro atoms. The Hall–Kier alpha value is -2.69. The van der Waals surface area contributed by atoms with Gasteiger partial charge in [-0.25, -0.2) is 4.70 Å². The van der Waals surface area contributed by atoms with Crippen molar-refractivity contribution in [3.8, 4) is 11.8 Å². The summed E-state index contributed by atoms with van der Waals surface area (Å²) in [5, 5.41) is 2.78. The third kappa shape index (κ3) is 35.0. The van der Waals surface area contributed by atoms with Crippen molar-refractivity contribution in [1.29, 1.82) is 0 Å². The third-order valence-corrected chi connectivity index (χ3v) is 16.9. The molecular formula is C73H122N2Ni. The minimum absolute atomic E-state index is 0.841. The van der Waals surface area contributed by atoms with Crippen LogP contribution in [0.25, 0.3) is 16.9 Å². The van der Waals surface area contributed by atoms with E-state index in [0.29, 0.717) is 0 Å². The zero-order valence-corrected chi connectivity index (χ0v) is 52.2. The fourth-order valence-electron chi connectivity index (χ4n) is 10.5. The molecule has 0 saturated heterocycles. The third-order valence-electron chi connectivity index (χ3n) is 15.5. The molecule has 0 fully saturated rings. The molecule has 1 aliphatic rings. The van der Waals surface area contributed by atoms with Crippen LogP contribution in [0.15, 0.2) is 71.8 Å². The summed E-state index contributed by atoms with van der Waals surface area (Å²) in [4.78, 5) is 0. The zero-order chi connectivity index (χ0) is 54.6. The summed E-state index contributed by atoms with van der Waals surface area (Å²) in [6.07, 6.45) is 64.5. The van der Waals surface area contributed by atoms with Gasteiger partial charge < -0.3 is 5.53 Å². The number of benzene rings is 2.